The zero-order valence-electron chi connectivity index (χ0n) is 7.03. The smallest absolute Gasteiger partial charge is 0.305 e. The fourth-order valence-corrected chi connectivity index (χ4v) is 1.06. The number of hydrogen-bond donors (Lipinski definition) is 3. The van der Waals surface area contributed by atoms with Crippen molar-refractivity contribution < 1.29 is 19.5 Å². The third kappa shape index (κ3) is 2.17. The van der Waals surface area contributed by atoms with Gasteiger partial charge in [-0.2, -0.15) is 0 Å². The van der Waals surface area contributed by atoms with Crippen molar-refractivity contribution in [2.24, 2.45) is 0 Å². The highest BCUT2D eigenvalue weighted by Crippen LogP contribution is 2.00. The van der Waals surface area contributed by atoms with E-state index >= 15 is 0 Å². The zero-order chi connectivity index (χ0) is 10.0. The number of carboxylic acids is 1. The standard InChI is InChI=1S/C7H10N2O4/c1-3-6(12)9-4(2-5(10)11)7(13)8-3/h3-4H,2H2,1H3,(H,8,13)(H,9,12)(H,10,11). The van der Waals surface area contributed by atoms with Crippen LogP contribution in [0.1, 0.15) is 13.3 Å². The average Bonchev–Trinajstić information content (AvgIpc) is 1.99. The van der Waals surface area contributed by atoms with Crippen LogP contribution in [0, 0.1) is 0 Å². The molecule has 1 aliphatic rings. The van der Waals surface area contributed by atoms with Crippen molar-refractivity contribution in [1.82, 2.24) is 10.6 Å². The first kappa shape index (κ1) is 9.50. The van der Waals surface area contributed by atoms with Gasteiger partial charge in [-0.3, -0.25) is 14.4 Å². The Balaban J connectivity index is 2.61. The van der Waals surface area contributed by atoms with Crippen LogP contribution < -0.4 is 10.6 Å². The normalized spacial score (nSPS) is 27.8. The molecule has 0 spiro atoms. The fraction of sp³-hybridized carbons (Fsp3) is 0.571. The first-order valence-electron chi connectivity index (χ1n) is 3.83. The van der Waals surface area contributed by atoms with Gasteiger partial charge in [-0.05, 0) is 6.92 Å². The molecule has 0 aromatic rings. The molecule has 0 saturated carbocycles. The van der Waals surface area contributed by atoms with Crippen molar-refractivity contribution in [2.75, 3.05) is 0 Å². The molecule has 3 N–H and O–H groups in total. The minimum Gasteiger partial charge on any atom is -0.481 e. The molecule has 2 unspecified atom stereocenters. The summed E-state index contributed by atoms with van der Waals surface area (Å²) in [6.07, 6.45) is -0.385. The van der Waals surface area contributed by atoms with Gasteiger partial charge in [-0.1, -0.05) is 0 Å². The molecule has 1 aliphatic heterocycles. The van der Waals surface area contributed by atoms with Gasteiger partial charge < -0.3 is 15.7 Å². The van der Waals surface area contributed by atoms with E-state index in [1.165, 1.54) is 6.92 Å². The summed E-state index contributed by atoms with van der Waals surface area (Å²) < 4.78 is 0. The first-order valence-corrected chi connectivity index (χ1v) is 3.83. The molecular weight excluding hydrogens is 176 g/mol. The molecule has 1 heterocycles. The second kappa shape index (κ2) is 3.42. The topological polar surface area (TPSA) is 95.5 Å². The summed E-state index contributed by atoms with van der Waals surface area (Å²) in [5.74, 6) is -1.92. The Morgan fingerprint density at radius 1 is 1.38 bits per heavy atom. The van der Waals surface area contributed by atoms with E-state index < -0.39 is 24.0 Å². The van der Waals surface area contributed by atoms with E-state index in [0.29, 0.717) is 0 Å². The molecular formula is C7H10N2O4. The summed E-state index contributed by atoms with van der Waals surface area (Å²) in [7, 11) is 0. The maximum Gasteiger partial charge on any atom is 0.305 e. The predicted octanol–water partition coefficient (Wildman–Crippen LogP) is -1.54. The number of aliphatic carboxylic acids is 1. The van der Waals surface area contributed by atoms with Gasteiger partial charge in [0.15, 0.2) is 0 Å². The van der Waals surface area contributed by atoms with Crippen molar-refractivity contribution in [3.8, 4) is 0 Å². The number of nitrogens with one attached hydrogen (secondary N) is 2. The van der Waals surface area contributed by atoms with Gasteiger partial charge in [0.1, 0.15) is 12.1 Å². The number of carbonyl (C=O) groups excluding carboxylic acids is 2. The molecule has 13 heavy (non-hydrogen) atoms. The van der Waals surface area contributed by atoms with E-state index in [0.717, 1.165) is 0 Å². The SMILES string of the molecule is CC1NC(=O)C(CC(=O)O)NC1=O. The van der Waals surface area contributed by atoms with Crippen LogP contribution in [0.2, 0.25) is 0 Å². The minimum absolute atomic E-state index is 0.356. The van der Waals surface area contributed by atoms with Crippen LogP contribution in [0.15, 0.2) is 0 Å². The van der Waals surface area contributed by atoms with Gasteiger partial charge in [0.05, 0.1) is 6.42 Å². The molecule has 6 heteroatoms. The second-order valence-electron chi connectivity index (χ2n) is 2.89. The predicted molar refractivity (Wildman–Crippen MR) is 41.8 cm³/mol. The van der Waals surface area contributed by atoms with E-state index in [1.54, 1.807) is 0 Å². The van der Waals surface area contributed by atoms with Gasteiger partial charge in [-0.25, -0.2) is 0 Å². The summed E-state index contributed by atoms with van der Waals surface area (Å²) >= 11 is 0. The Kier molecular flexibility index (Phi) is 2.50. The number of hydrogen-bond acceptors (Lipinski definition) is 3. The Morgan fingerprint density at radius 3 is 2.54 bits per heavy atom. The molecule has 1 saturated heterocycles. The van der Waals surface area contributed by atoms with Crippen molar-refractivity contribution in [1.29, 1.82) is 0 Å². The highest BCUT2D eigenvalue weighted by Gasteiger charge is 2.32. The quantitative estimate of drug-likeness (QED) is 0.487. The zero-order valence-corrected chi connectivity index (χ0v) is 7.03. The third-order valence-corrected chi connectivity index (χ3v) is 1.76. The lowest BCUT2D eigenvalue weighted by Crippen LogP contribution is -2.61. The average molecular weight is 186 g/mol. The maximum absolute atomic E-state index is 11.1. The van der Waals surface area contributed by atoms with Crippen LogP contribution in [0.3, 0.4) is 0 Å². The van der Waals surface area contributed by atoms with Crippen molar-refractivity contribution in [2.45, 2.75) is 25.4 Å². The maximum atomic E-state index is 11.1. The summed E-state index contributed by atoms with van der Waals surface area (Å²) in [6, 6.07) is -1.53. The number of piperazine rings is 1. The van der Waals surface area contributed by atoms with Crippen LogP contribution in [0.5, 0.6) is 0 Å². The Labute approximate surface area is 74.3 Å². The third-order valence-electron chi connectivity index (χ3n) is 1.76. The van der Waals surface area contributed by atoms with Crippen molar-refractivity contribution >= 4 is 17.8 Å². The largest absolute Gasteiger partial charge is 0.481 e. The van der Waals surface area contributed by atoms with Crippen molar-refractivity contribution in [3.63, 3.8) is 0 Å². The van der Waals surface area contributed by atoms with Crippen molar-refractivity contribution in [3.05, 3.63) is 0 Å². The number of carboxylic acid groups (broad SMARTS) is 1. The van der Waals surface area contributed by atoms with Gasteiger partial charge in [0.2, 0.25) is 11.8 Å². The number of carbonyl (C=O) groups is 3. The van der Waals surface area contributed by atoms with Gasteiger partial charge in [-0.15, -0.1) is 0 Å². The van der Waals surface area contributed by atoms with Crippen LogP contribution in [-0.2, 0) is 14.4 Å². The minimum atomic E-state index is -1.12. The molecule has 2 atom stereocenters. The summed E-state index contributed by atoms with van der Waals surface area (Å²) in [4.78, 5) is 32.4. The lowest BCUT2D eigenvalue weighted by Gasteiger charge is -2.26. The summed E-state index contributed by atoms with van der Waals surface area (Å²) in [5.41, 5.74) is 0. The molecule has 0 aromatic carbocycles. The van der Waals surface area contributed by atoms with Gasteiger partial charge in [0, 0.05) is 0 Å². The second-order valence-corrected chi connectivity index (χ2v) is 2.89. The Hall–Kier alpha value is -1.59. The van der Waals surface area contributed by atoms with E-state index in [4.69, 9.17) is 5.11 Å². The number of rotatable bonds is 2. The molecule has 2 amide bonds. The molecule has 0 bridgehead atoms. The highest BCUT2D eigenvalue weighted by atomic mass is 16.4. The van der Waals surface area contributed by atoms with Crippen LogP contribution >= 0.6 is 0 Å². The summed E-state index contributed by atoms with van der Waals surface area (Å²) in [6.45, 7) is 1.53. The molecule has 1 rings (SSSR count). The molecule has 0 aromatic heterocycles. The fourth-order valence-electron chi connectivity index (χ4n) is 1.06. The van der Waals surface area contributed by atoms with E-state index in [9.17, 15) is 14.4 Å². The lowest BCUT2D eigenvalue weighted by molar-refractivity contribution is -0.143. The van der Waals surface area contributed by atoms with Crippen LogP contribution in [0.25, 0.3) is 0 Å². The monoisotopic (exact) mass is 186 g/mol. The van der Waals surface area contributed by atoms with E-state index in [1.807, 2.05) is 0 Å². The van der Waals surface area contributed by atoms with Crippen LogP contribution in [-0.4, -0.2) is 35.0 Å². The number of amides is 2. The Morgan fingerprint density at radius 2 is 2.00 bits per heavy atom. The molecule has 0 aliphatic carbocycles. The van der Waals surface area contributed by atoms with Gasteiger partial charge in [0.25, 0.3) is 0 Å². The van der Waals surface area contributed by atoms with E-state index in [-0.39, 0.29) is 12.3 Å². The summed E-state index contributed by atoms with van der Waals surface area (Å²) in [5, 5.41) is 13.1. The van der Waals surface area contributed by atoms with E-state index in [2.05, 4.69) is 10.6 Å². The molecule has 1 fully saturated rings. The molecule has 0 radical (unpaired) electrons. The molecule has 6 nitrogen and oxygen atoms in total. The highest BCUT2D eigenvalue weighted by molar-refractivity contribution is 5.98. The first-order chi connectivity index (χ1) is 6.00. The van der Waals surface area contributed by atoms with Crippen LogP contribution in [0.4, 0.5) is 0 Å². The molecule has 72 valence electrons. The Bertz CT molecular complexity index is 263. The van der Waals surface area contributed by atoms with Gasteiger partial charge >= 0.3 is 5.97 Å². The lowest BCUT2D eigenvalue weighted by atomic mass is 10.1.